The minimum absolute atomic E-state index is 0.449. The lowest BCUT2D eigenvalue weighted by Crippen LogP contribution is -1.80. The zero-order valence-electron chi connectivity index (χ0n) is 7.42. The van der Waals surface area contributed by atoms with E-state index in [0.29, 0.717) is 10.6 Å². The van der Waals surface area contributed by atoms with Crippen LogP contribution in [0.1, 0.15) is 17.5 Å². The predicted octanol–water partition coefficient (Wildman–Crippen LogP) is 2.88. The van der Waals surface area contributed by atoms with Crippen LogP contribution in [0.5, 0.6) is 0 Å². The van der Waals surface area contributed by atoms with E-state index in [1.165, 1.54) is 0 Å². The van der Waals surface area contributed by atoms with Crippen molar-refractivity contribution in [2.24, 2.45) is 0 Å². The highest BCUT2D eigenvalue weighted by atomic mass is 35.5. The first-order chi connectivity index (χ1) is 6.77. The van der Waals surface area contributed by atoms with Crippen LogP contribution in [0, 0.1) is 23.2 Å². The van der Waals surface area contributed by atoms with Crippen LogP contribution in [-0.2, 0) is 0 Å². The summed E-state index contributed by atoms with van der Waals surface area (Å²) in [7, 11) is 0. The molecule has 1 rings (SSSR count). The van der Waals surface area contributed by atoms with E-state index in [9.17, 15) is 0 Å². The van der Waals surface area contributed by atoms with Crippen LogP contribution < -0.4 is 0 Å². The molecular weight excluding hydrogens is 214 g/mol. The van der Waals surface area contributed by atoms with E-state index in [2.05, 4.69) is 24.5 Å². The fourth-order valence-electron chi connectivity index (χ4n) is 0.904. The molecule has 1 aromatic rings. The average Bonchev–Trinajstić information content (AvgIpc) is 2.18. The van der Waals surface area contributed by atoms with Crippen LogP contribution >= 0.6 is 24.2 Å². The molecule has 14 heavy (non-hydrogen) atoms. The van der Waals surface area contributed by atoms with Gasteiger partial charge < -0.3 is 0 Å². The molecule has 0 heterocycles. The number of rotatable bonds is 1. The van der Waals surface area contributed by atoms with Crippen molar-refractivity contribution >= 4 is 24.2 Å². The first kappa shape index (κ1) is 11.0. The van der Waals surface area contributed by atoms with Gasteiger partial charge in [-0.2, -0.15) is 17.9 Å². The molecule has 1 aromatic carbocycles. The van der Waals surface area contributed by atoms with Gasteiger partial charge in [0.05, 0.1) is 10.6 Å². The molecule has 0 aliphatic rings. The summed E-state index contributed by atoms with van der Waals surface area (Å²) in [6.45, 7) is 0. The maximum absolute atomic E-state index is 8.64. The Morgan fingerprint density at radius 3 is 2.79 bits per heavy atom. The number of nitriles is 1. The summed E-state index contributed by atoms with van der Waals surface area (Å²) >= 11 is 9.88. The molecule has 0 aliphatic heterocycles. The SMILES string of the molecule is N#Cc1ccc(C#CCCS)cc1Cl. The van der Waals surface area contributed by atoms with E-state index in [1.807, 2.05) is 6.07 Å². The van der Waals surface area contributed by atoms with Crippen LogP contribution in [0.2, 0.25) is 5.02 Å². The van der Waals surface area contributed by atoms with Crippen molar-refractivity contribution in [2.75, 3.05) is 5.75 Å². The minimum Gasteiger partial charge on any atom is -0.192 e. The lowest BCUT2D eigenvalue weighted by Gasteiger charge is -1.94. The number of thiol groups is 1. The molecule has 70 valence electrons. The van der Waals surface area contributed by atoms with E-state index in [1.54, 1.807) is 18.2 Å². The van der Waals surface area contributed by atoms with E-state index >= 15 is 0 Å². The predicted molar refractivity (Wildman–Crippen MR) is 61.5 cm³/mol. The molecule has 3 heteroatoms. The van der Waals surface area contributed by atoms with Crippen LogP contribution in [0.3, 0.4) is 0 Å². The molecule has 0 aliphatic carbocycles. The van der Waals surface area contributed by atoms with E-state index in [-0.39, 0.29) is 0 Å². The van der Waals surface area contributed by atoms with Crippen molar-refractivity contribution in [3.8, 4) is 17.9 Å². The maximum Gasteiger partial charge on any atom is 0.101 e. The molecule has 0 saturated heterocycles. The Bertz CT molecular complexity index is 423. The van der Waals surface area contributed by atoms with Gasteiger partial charge in [-0.05, 0) is 18.2 Å². The van der Waals surface area contributed by atoms with Crippen LogP contribution in [0.4, 0.5) is 0 Å². The fourth-order valence-corrected chi connectivity index (χ4v) is 1.24. The second-order valence-corrected chi connectivity index (χ2v) is 3.44. The van der Waals surface area contributed by atoms with Crippen molar-refractivity contribution in [3.63, 3.8) is 0 Å². The third-order valence-electron chi connectivity index (χ3n) is 1.56. The Morgan fingerprint density at radius 2 is 2.21 bits per heavy atom. The summed E-state index contributed by atoms with van der Waals surface area (Å²) in [5.41, 5.74) is 1.31. The topological polar surface area (TPSA) is 23.8 Å². The molecule has 0 saturated carbocycles. The lowest BCUT2D eigenvalue weighted by molar-refractivity contribution is 1.31. The summed E-state index contributed by atoms with van der Waals surface area (Å²) in [6, 6.07) is 7.16. The quantitative estimate of drug-likeness (QED) is 0.572. The van der Waals surface area contributed by atoms with Crippen LogP contribution in [-0.4, -0.2) is 5.75 Å². The maximum atomic E-state index is 8.64. The number of nitrogens with zero attached hydrogens (tertiary/aromatic N) is 1. The third kappa shape index (κ3) is 3.00. The zero-order chi connectivity index (χ0) is 10.4. The summed E-state index contributed by atoms with van der Waals surface area (Å²) < 4.78 is 0. The first-order valence-corrected chi connectivity index (χ1v) is 5.08. The monoisotopic (exact) mass is 221 g/mol. The van der Waals surface area contributed by atoms with E-state index in [0.717, 1.165) is 17.7 Å². The highest BCUT2D eigenvalue weighted by Crippen LogP contribution is 2.16. The second kappa shape index (κ2) is 5.60. The van der Waals surface area contributed by atoms with Crippen molar-refractivity contribution < 1.29 is 0 Å². The standard InChI is InChI=1S/C11H8ClNS/c12-11-7-9(3-1-2-6-14)4-5-10(11)8-13/h4-5,7,14H,2,6H2. The molecule has 0 amide bonds. The van der Waals surface area contributed by atoms with Gasteiger partial charge in [-0.1, -0.05) is 23.4 Å². The molecule has 0 spiro atoms. The largest absolute Gasteiger partial charge is 0.192 e. The van der Waals surface area contributed by atoms with Crippen molar-refractivity contribution in [1.29, 1.82) is 5.26 Å². The number of hydrogen-bond acceptors (Lipinski definition) is 2. The van der Waals surface area contributed by atoms with E-state index < -0.39 is 0 Å². The van der Waals surface area contributed by atoms with Gasteiger partial charge in [-0.15, -0.1) is 0 Å². The Hall–Kier alpha value is -1.09. The molecule has 0 radical (unpaired) electrons. The first-order valence-electron chi connectivity index (χ1n) is 4.07. The Kier molecular flexibility index (Phi) is 4.40. The average molecular weight is 222 g/mol. The molecule has 0 unspecified atom stereocenters. The molecule has 0 atom stereocenters. The molecule has 0 bridgehead atoms. The third-order valence-corrected chi connectivity index (χ3v) is 2.10. The fraction of sp³-hybridized carbons (Fsp3) is 0.182. The van der Waals surface area contributed by atoms with Gasteiger partial charge in [-0.25, -0.2) is 0 Å². The molecule has 0 N–H and O–H groups in total. The van der Waals surface area contributed by atoms with Crippen LogP contribution in [0.25, 0.3) is 0 Å². The number of hydrogen-bond donors (Lipinski definition) is 1. The van der Waals surface area contributed by atoms with Gasteiger partial charge >= 0.3 is 0 Å². The van der Waals surface area contributed by atoms with Crippen molar-refractivity contribution in [2.45, 2.75) is 6.42 Å². The Balaban J connectivity index is 2.89. The summed E-state index contributed by atoms with van der Waals surface area (Å²) in [5, 5.41) is 9.09. The highest BCUT2D eigenvalue weighted by molar-refractivity contribution is 7.80. The van der Waals surface area contributed by atoms with Crippen molar-refractivity contribution in [3.05, 3.63) is 34.3 Å². The second-order valence-electron chi connectivity index (χ2n) is 2.58. The zero-order valence-corrected chi connectivity index (χ0v) is 9.07. The molecular formula is C11H8ClNS. The normalized spacial score (nSPS) is 8.64. The van der Waals surface area contributed by atoms with Gasteiger partial charge in [0.15, 0.2) is 0 Å². The molecule has 0 fully saturated rings. The van der Waals surface area contributed by atoms with Gasteiger partial charge in [0, 0.05) is 17.7 Å². The van der Waals surface area contributed by atoms with Crippen LogP contribution in [0.15, 0.2) is 18.2 Å². The number of halogens is 1. The van der Waals surface area contributed by atoms with Gasteiger partial charge in [0.25, 0.3) is 0 Å². The van der Waals surface area contributed by atoms with Gasteiger partial charge in [-0.3, -0.25) is 0 Å². The number of benzene rings is 1. The summed E-state index contributed by atoms with van der Waals surface area (Å²) in [6.07, 6.45) is 0.751. The van der Waals surface area contributed by atoms with Gasteiger partial charge in [0.2, 0.25) is 0 Å². The lowest BCUT2D eigenvalue weighted by atomic mass is 10.1. The molecule has 1 nitrogen and oxygen atoms in total. The van der Waals surface area contributed by atoms with Crippen molar-refractivity contribution in [1.82, 2.24) is 0 Å². The highest BCUT2D eigenvalue weighted by Gasteiger charge is 1.98. The van der Waals surface area contributed by atoms with E-state index in [4.69, 9.17) is 16.9 Å². The molecule has 0 aromatic heterocycles. The minimum atomic E-state index is 0.449. The van der Waals surface area contributed by atoms with Gasteiger partial charge in [0.1, 0.15) is 6.07 Å². The Labute approximate surface area is 94.1 Å². The summed E-state index contributed by atoms with van der Waals surface area (Å²) in [4.78, 5) is 0. The Morgan fingerprint density at radius 1 is 1.43 bits per heavy atom. The smallest absolute Gasteiger partial charge is 0.101 e. The summed E-state index contributed by atoms with van der Waals surface area (Å²) in [5.74, 6) is 6.64.